The van der Waals surface area contributed by atoms with E-state index in [1.807, 2.05) is 0 Å². The SMILES string of the molecule is CC1CCC(C2CCC(C3CCC(C(F)(F)Oc4cc(F)c(F)c(F)c4)CC3)CC2)C1. The predicted octanol–water partition coefficient (Wildman–Crippen LogP) is 8.12. The molecule has 0 aliphatic heterocycles. The summed E-state index contributed by atoms with van der Waals surface area (Å²) in [5.74, 6) is -2.69. The molecule has 3 aliphatic rings. The van der Waals surface area contributed by atoms with Crippen LogP contribution in [0.15, 0.2) is 12.1 Å². The Balaban J connectivity index is 1.26. The third-order valence-corrected chi connectivity index (χ3v) is 8.34. The molecule has 0 bridgehead atoms. The summed E-state index contributed by atoms with van der Waals surface area (Å²) < 4.78 is 73.6. The maximum absolute atomic E-state index is 14.6. The van der Waals surface area contributed by atoms with Crippen LogP contribution in [0.1, 0.15) is 77.6 Å². The molecule has 0 heterocycles. The average molecular weight is 445 g/mol. The third-order valence-electron chi connectivity index (χ3n) is 8.34. The maximum Gasteiger partial charge on any atom is 0.400 e. The number of alkyl halides is 2. The Labute approximate surface area is 181 Å². The van der Waals surface area contributed by atoms with Gasteiger partial charge in [-0.2, -0.15) is 8.78 Å². The summed E-state index contributed by atoms with van der Waals surface area (Å²) in [4.78, 5) is 0. The van der Waals surface area contributed by atoms with E-state index in [1.165, 1.54) is 44.9 Å². The molecule has 2 atom stereocenters. The summed E-state index contributed by atoms with van der Waals surface area (Å²) in [6.45, 7) is 2.35. The minimum Gasteiger partial charge on any atom is -0.432 e. The zero-order chi connectivity index (χ0) is 22.2. The lowest BCUT2D eigenvalue weighted by Gasteiger charge is -2.40. The van der Waals surface area contributed by atoms with Gasteiger partial charge >= 0.3 is 6.11 Å². The predicted molar refractivity (Wildman–Crippen MR) is 109 cm³/mol. The van der Waals surface area contributed by atoms with E-state index in [1.54, 1.807) is 0 Å². The Morgan fingerprint density at radius 3 is 1.65 bits per heavy atom. The van der Waals surface area contributed by atoms with E-state index in [2.05, 4.69) is 11.7 Å². The lowest BCUT2D eigenvalue weighted by atomic mass is 9.67. The van der Waals surface area contributed by atoms with Crippen LogP contribution in [0.4, 0.5) is 22.0 Å². The van der Waals surface area contributed by atoms with Crippen molar-refractivity contribution in [3.05, 3.63) is 29.6 Å². The molecule has 0 N–H and O–H groups in total. The number of hydrogen-bond acceptors (Lipinski definition) is 1. The fraction of sp³-hybridized carbons (Fsp3) is 0.760. The molecule has 6 heteroatoms. The number of rotatable bonds is 5. The van der Waals surface area contributed by atoms with Crippen LogP contribution in [0.2, 0.25) is 0 Å². The molecular formula is C25H33F5O. The molecule has 3 fully saturated rings. The zero-order valence-electron chi connectivity index (χ0n) is 18.2. The number of benzene rings is 1. The van der Waals surface area contributed by atoms with E-state index in [0.29, 0.717) is 36.8 Å². The van der Waals surface area contributed by atoms with Gasteiger partial charge in [0.1, 0.15) is 5.75 Å². The Kier molecular flexibility index (Phi) is 6.83. The Morgan fingerprint density at radius 2 is 1.16 bits per heavy atom. The molecule has 31 heavy (non-hydrogen) atoms. The molecule has 2 unspecified atom stereocenters. The van der Waals surface area contributed by atoms with Crippen LogP contribution < -0.4 is 4.74 Å². The second-order valence-corrected chi connectivity index (χ2v) is 10.3. The lowest BCUT2D eigenvalue weighted by molar-refractivity contribution is -0.224. The van der Waals surface area contributed by atoms with Gasteiger partial charge in [-0.25, -0.2) is 13.2 Å². The van der Waals surface area contributed by atoms with Crippen LogP contribution in [0.25, 0.3) is 0 Å². The first-order valence-electron chi connectivity index (χ1n) is 11.9. The van der Waals surface area contributed by atoms with Crippen LogP contribution in [0.3, 0.4) is 0 Å². The van der Waals surface area contributed by atoms with Crippen molar-refractivity contribution in [2.45, 2.75) is 83.7 Å². The highest BCUT2D eigenvalue weighted by Crippen LogP contribution is 2.48. The normalized spacial score (nSPS) is 34.6. The van der Waals surface area contributed by atoms with Crippen molar-refractivity contribution in [2.75, 3.05) is 0 Å². The highest BCUT2D eigenvalue weighted by Gasteiger charge is 2.45. The second kappa shape index (κ2) is 9.27. The average Bonchev–Trinajstić information content (AvgIpc) is 3.18. The first kappa shape index (κ1) is 22.8. The molecule has 0 spiro atoms. The van der Waals surface area contributed by atoms with Crippen molar-refractivity contribution in [3.63, 3.8) is 0 Å². The van der Waals surface area contributed by atoms with Gasteiger partial charge in [0.05, 0.1) is 5.92 Å². The Hall–Kier alpha value is -1.33. The van der Waals surface area contributed by atoms with Gasteiger partial charge in [0.2, 0.25) is 0 Å². The molecule has 0 amide bonds. The fourth-order valence-electron chi connectivity index (χ4n) is 6.53. The number of ether oxygens (including phenoxy) is 1. The van der Waals surface area contributed by atoms with Crippen LogP contribution in [0.5, 0.6) is 5.75 Å². The quantitative estimate of drug-likeness (QED) is 0.329. The number of halogens is 5. The summed E-state index contributed by atoms with van der Waals surface area (Å²) in [5.41, 5.74) is 0. The monoisotopic (exact) mass is 444 g/mol. The van der Waals surface area contributed by atoms with E-state index in [4.69, 9.17) is 0 Å². The smallest absolute Gasteiger partial charge is 0.400 e. The van der Waals surface area contributed by atoms with E-state index in [-0.39, 0.29) is 0 Å². The summed E-state index contributed by atoms with van der Waals surface area (Å²) >= 11 is 0. The van der Waals surface area contributed by atoms with Crippen LogP contribution in [-0.4, -0.2) is 6.11 Å². The van der Waals surface area contributed by atoms with Crippen LogP contribution >= 0.6 is 0 Å². The summed E-state index contributed by atoms with van der Waals surface area (Å²) in [6.07, 6.45) is 7.73. The maximum atomic E-state index is 14.6. The molecule has 4 rings (SSSR count). The van der Waals surface area contributed by atoms with Crippen molar-refractivity contribution in [1.29, 1.82) is 0 Å². The fourth-order valence-corrected chi connectivity index (χ4v) is 6.53. The highest BCUT2D eigenvalue weighted by molar-refractivity contribution is 5.25. The minimum atomic E-state index is -3.53. The summed E-state index contributed by atoms with van der Waals surface area (Å²) in [6, 6.07) is 0.947. The molecule has 0 aromatic heterocycles. The van der Waals surface area contributed by atoms with Crippen LogP contribution in [-0.2, 0) is 0 Å². The topological polar surface area (TPSA) is 9.23 Å². The first-order valence-corrected chi connectivity index (χ1v) is 11.9. The zero-order valence-corrected chi connectivity index (χ0v) is 18.2. The standard InChI is InChI=1S/C25H33F5O/c1-15-2-3-19(12-15)18-6-4-16(5-7-18)17-8-10-20(11-9-17)25(29,30)31-21-13-22(26)24(28)23(27)14-21/h13-20H,2-12H2,1H3. The van der Waals surface area contributed by atoms with Crippen molar-refractivity contribution in [1.82, 2.24) is 0 Å². The molecule has 3 saturated carbocycles. The van der Waals surface area contributed by atoms with Gasteiger partial charge in [-0.15, -0.1) is 0 Å². The minimum absolute atomic E-state index is 0.337. The first-order chi connectivity index (χ1) is 14.7. The molecule has 1 nitrogen and oxygen atoms in total. The van der Waals surface area contributed by atoms with E-state index in [0.717, 1.165) is 30.6 Å². The van der Waals surface area contributed by atoms with Gasteiger partial charge in [-0.3, -0.25) is 0 Å². The van der Waals surface area contributed by atoms with Gasteiger partial charge < -0.3 is 4.74 Å². The second-order valence-electron chi connectivity index (χ2n) is 10.3. The molecule has 0 radical (unpaired) electrons. The lowest BCUT2D eigenvalue weighted by Crippen LogP contribution is -2.38. The van der Waals surface area contributed by atoms with Gasteiger partial charge in [0.15, 0.2) is 17.5 Å². The Bertz CT molecular complexity index is 727. The molecule has 0 saturated heterocycles. The Morgan fingerprint density at radius 1 is 0.710 bits per heavy atom. The molecule has 1 aromatic carbocycles. The van der Waals surface area contributed by atoms with Gasteiger partial charge in [0.25, 0.3) is 0 Å². The van der Waals surface area contributed by atoms with E-state index < -0.39 is 35.2 Å². The van der Waals surface area contributed by atoms with Crippen LogP contribution in [0, 0.1) is 53.0 Å². The molecular weight excluding hydrogens is 411 g/mol. The van der Waals surface area contributed by atoms with Gasteiger partial charge in [0, 0.05) is 12.1 Å². The van der Waals surface area contributed by atoms with Crippen molar-refractivity contribution < 1.29 is 26.7 Å². The van der Waals surface area contributed by atoms with Crippen molar-refractivity contribution >= 4 is 0 Å². The van der Waals surface area contributed by atoms with E-state index in [9.17, 15) is 22.0 Å². The number of hydrogen-bond donors (Lipinski definition) is 0. The summed E-state index contributed by atoms with van der Waals surface area (Å²) in [7, 11) is 0. The highest BCUT2D eigenvalue weighted by atomic mass is 19.3. The van der Waals surface area contributed by atoms with Crippen molar-refractivity contribution in [3.8, 4) is 5.75 Å². The summed E-state index contributed by atoms with van der Waals surface area (Å²) in [5, 5.41) is 0. The van der Waals surface area contributed by atoms with E-state index >= 15 is 0 Å². The largest absolute Gasteiger partial charge is 0.432 e. The third kappa shape index (κ3) is 5.19. The molecule has 174 valence electrons. The van der Waals surface area contributed by atoms with Crippen molar-refractivity contribution in [2.24, 2.45) is 35.5 Å². The van der Waals surface area contributed by atoms with Gasteiger partial charge in [-0.1, -0.05) is 13.3 Å². The van der Waals surface area contributed by atoms with Gasteiger partial charge in [-0.05, 0) is 93.8 Å². The molecule has 3 aliphatic carbocycles. The molecule has 1 aromatic rings.